The molecule has 0 unspecified atom stereocenters. The standard InChI is InChI=1S/C4H5F3O2/c1-3(8)2-9-4(5,6)7/h8H,1-2H2. The molecule has 0 saturated heterocycles. The number of ether oxygens (including phenoxy) is 1. The van der Waals surface area contributed by atoms with Gasteiger partial charge in [0.25, 0.3) is 0 Å². The molecule has 0 heterocycles. The van der Waals surface area contributed by atoms with Gasteiger partial charge < -0.3 is 5.11 Å². The van der Waals surface area contributed by atoms with Crippen molar-refractivity contribution >= 4 is 0 Å². The highest BCUT2D eigenvalue weighted by molar-refractivity contribution is 4.77. The number of aliphatic hydroxyl groups excluding tert-OH is 1. The first-order chi connectivity index (χ1) is 3.92. The summed E-state index contributed by atoms with van der Waals surface area (Å²) in [4.78, 5) is 0. The Hall–Kier alpha value is -0.710. The Morgan fingerprint density at radius 1 is 1.56 bits per heavy atom. The summed E-state index contributed by atoms with van der Waals surface area (Å²) in [6.45, 7) is 1.89. The summed E-state index contributed by atoms with van der Waals surface area (Å²) in [6.07, 6.45) is -4.69. The van der Waals surface area contributed by atoms with Crippen LogP contribution in [0.25, 0.3) is 0 Å². The van der Waals surface area contributed by atoms with Crippen LogP contribution in [0, 0.1) is 0 Å². The van der Waals surface area contributed by atoms with Crippen molar-refractivity contribution in [1.82, 2.24) is 0 Å². The Morgan fingerprint density at radius 3 is 2.11 bits per heavy atom. The van der Waals surface area contributed by atoms with Crippen LogP contribution in [0.5, 0.6) is 0 Å². The van der Waals surface area contributed by atoms with E-state index < -0.39 is 18.7 Å². The van der Waals surface area contributed by atoms with E-state index >= 15 is 0 Å². The molecule has 0 rings (SSSR count). The van der Waals surface area contributed by atoms with E-state index in [1.165, 1.54) is 0 Å². The molecule has 0 amide bonds. The molecule has 0 radical (unpaired) electrons. The smallest absolute Gasteiger partial charge is 0.510 e. The zero-order chi connectivity index (χ0) is 7.49. The third-order valence-corrected chi connectivity index (χ3v) is 0.402. The van der Waals surface area contributed by atoms with Gasteiger partial charge in [0, 0.05) is 0 Å². The molecule has 0 aliphatic rings. The molecule has 1 N–H and O–H groups in total. The first-order valence-corrected chi connectivity index (χ1v) is 1.99. The molecular weight excluding hydrogens is 137 g/mol. The van der Waals surface area contributed by atoms with Crippen LogP contribution in [0.3, 0.4) is 0 Å². The summed E-state index contributed by atoms with van der Waals surface area (Å²) in [6, 6.07) is 0. The molecule has 5 heteroatoms. The van der Waals surface area contributed by atoms with E-state index in [1.807, 2.05) is 0 Å². The van der Waals surface area contributed by atoms with Crippen molar-refractivity contribution in [3.63, 3.8) is 0 Å². The first kappa shape index (κ1) is 8.29. The van der Waals surface area contributed by atoms with E-state index in [0.717, 1.165) is 0 Å². The van der Waals surface area contributed by atoms with Gasteiger partial charge in [0.2, 0.25) is 0 Å². The number of hydrogen-bond donors (Lipinski definition) is 1. The monoisotopic (exact) mass is 142 g/mol. The largest absolute Gasteiger partial charge is 0.522 e. The maximum absolute atomic E-state index is 11.0. The Morgan fingerprint density at radius 2 is 2.00 bits per heavy atom. The van der Waals surface area contributed by atoms with Crippen LogP contribution >= 0.6 is 0 Å². The predicted octanol–water partition coefficient (Wildman–Crippen LogP) is 1.59. The summed E-state index contributed by atoms with van der Waals surface area (Å²) in [5, 5.41) is 8.10. The van der Waals surface area contributed by atoms with E-state index in [2.05, 4.69) is 11.3 Å². The second-order valence-electron chi connectivity index (χ2n) is 1.30. The Balaban J connectivity index is 3.39. The molecule has 0 aromatic carbocycles. The van der Waals surface area contributed by atoms with Gasteiger partial charge in [-0.15, -0.1) is 13.2 Å². The Kier molecular flexibility index (Phi) is 2.51. The Labute approximate surface area is 49.5 Å². The lowest BCUT2D eigenvalue weighted by atomic mass is 10.6. The summed E-state index contributed by atoms with van der Waals surface area (Å²) in [7, 11) is 0. The quantitative estimate of drug-likeness (QED) is 0.593. The highest BCUT2D eigenvalue weighted by Crippen LogP contribution is 2.16. The molecule has 9 heavy (non-hydrogen) atoms. The average molecular weight is 142 g/mol. The van der Waals surface area contributed by atoms with E-state index in [-0.39, 0.29) is 0 Å². The first-order valence-electron chi connectivity index (χ1n) is 1.99. The van der Waals surface area contributed by atoms with Crippen molar-refractivity contribution in [2.45, 2.75) is 6.36 Å². The van der Waals surface area contributed by atoms with Crippen LogP contribution in [-0.2, 0) is 4.74 Å². The molecule has 0 aromatic rings. The van der Waals surface area contributed by atoms with Gasteiger partial charge in [-0.2, -0.15) is 0 Å². The third kappa shape index (κ3) is 7.29. The molecule has 0 aliphatic carbocycles. The molecule has 0 aromatic heterocycles. The Bertz CT molecular complexity index is 107. The predicted molar refractivity (Wildman–Crippen MR) is 23.8 cm³/mol. The van der Waals surface area contributed by atoms with E-state index in [4.69, 9.17) is 5.11 Å². The van der Waals surface area contributed by atoms with Gasteiger partial charge in [0.05, 0.1) is 0 Å². The summed E-state index contributed by atoms with van der Waals surface area (Å²) in [5.74, 6) is -0.646. The zero-order valence-electron chi connectivity index (χ0n) is 4.40. The fourth-order valence-electron chi connectivity index (χ4n) is 0.165. The van der Waals surface area contributed by atoms with Gasteiger partial charge in [-0.05, 0) is 0 Å². The minimum atomic E-state index is -4.69. The van der Waals surface area contributed by atoms with Gasteiger partial charge in [-0.3, -0.25) is 4.74 Å². The topological polar surface area (TPSA) is 29.5 Å². The van der Waals surface area contributed by atoms with Gasteiger partial charge in [-0.25, -0.2) is 0 Å². The zero-order valence-corrected chi connectivity index (χ0v) is 4.40. The average Bonchev–Trinajstić information content (AvgIpc) is 1.59. The van der Waals surface area contributed by atoms with Crippen LogP contribution < -0.4 is 0 Å². The fraction of sp³-hybridized carbons (Fsp3) is 0.500. The normalized spacial score (nSPS) is 11.4. The summed E-state index contributed by atoms with van der Waals surface area (Å²) in [5.41, 5.74) is 0. The van der Waals surface area contributed by atoms with Crippen molar-refractivity contribution in [3.05, 3.63) is 12.3 Å². The minimum Gasteiger partial charge on any atom is -0.510 e. The highest BCUT2D eigenvalue weighted by atomic mass is 19.4. The summed E-state index contributed by atoms with van der Waals surface area (Å²) < 4.78 is 36.3. The van der Waals surface area contributed by atoms with Crippen LogP contribution in [0.1, 0.15) is 0 Å². The van der Waals surface area contributed by atoms with Gasteiger partial charge >= 0.3 is 6.36 Å². The third-order valence-electron chi connectivity index (χ3n) is 0.402. The molecular formula is C4H5F3O2. The molecule has 0 spiro atoms. The number of hydrogen-bond acceptors (Lipinski definition) is 2. The lowest BCUT2D eigenvalue weighted by molar-refractivity contribution is -0.322. The molecule has 2 nitrogen and oxygen atoms in total. The molecule has 0 aliphatic heterocycles. The fourth-order valence-corrected chi connectivity index (χ4v) is 0.165. The lowest BCUT2D eigenvalue weighted by Gasteiger charge is -2.04. The molecule has 0 atom stereocenters. The number of alkyl halides is 3. The van der Waals surface area contributed by atoms with Crippen LogP contribution in [0.4, 0.5) is 13.2 Å². The van der Waals surface area contributed by atoms with Gasteiger partial charge in [0.1, 0.15) is 12.4 Å². The molecule has 0 fully saturated rings. The maximum atomic E-state index is 11.0. The van der Waals surface area contributed by atoms with E-state index in [9.17, 15) is 13.2 Å². The van der Waals surface area contributed by atoms with Gasteiger partial charge in [-0.1, -0.05) is 6.58 Å². The number of aliphatic hydroxyl groups is 1. The lowest BCUT2D eigenvalue weighted by Crippen LogP contribution is -2.14. The number of halogens is 3. The summed E-state index contributed by atoms with van der Waals surface area (Å²) >= 11 is 0. The van der Waals surface area contributed by atoms with Crippen molar-refractivity contribution < 1.29 is 23.0 Å². The van der Waals surface area contributed by atoms with Crippen molar-refractivity contribution in [2.75, 3.05) is 6.61 Å². The molecule has 0 saturated carbocycles. The SMILES string of the molecule is C=C(O)COC(F)(F)F. The second kappa shape index (κ2) is 2.72. The van der Waals surface area contributed by atoms with Crippen LogP contribution in [0.15, 0.2) is 12.3 Å². The second-order valence-corrected chi connectivity index (χ2v) is 1.30. The van der Waals surface area contributed by atoms with Crippen molar-refractivity contribution in [3.8, 4) is 0 Å². The number of rotatable bonds is 2. The maximum Gasteiger partial charge on any atom is 0.522 e. The van der Waals surface area contributed by atoms with Gasteiger partial charge in [0.15, 0.2) is 0 Å². The van der Waals surface area contributed by atoms with Crippen LogP contribution in [0.2, 0.25) is 0 Å². The molecule has 0 bridgehead atoms. The molecule has 54 valence electrons. The van der Waals surface area contributed by atoms with Crippen molar-refractivity contribution in [2.24, 2.45) is 0 Å². The van der Waals surface area contributed by atoms with E-state index in [0.29, 0.717) is 0 Å². The van der Waals surface area contributed by atoms with Crippen LogP contribution in [-0.4, -0.2) is 18.1 Å². The highest BCUT2D eigenvalue weighted by Gasteiger charge is 2.28. The minimum absolute atomic E-state index is 0.646. The van der Waals surface area contributed by atoms with Crippen molar-refractivity contribution in [1.29, 1.82) is 0 Å². The van der Waals surface area contributed by atoms with E-state index in [1.54, 1.807) is 0 Å².